The van der Waals surface area contributed by atoms with Crippen LogP contribution in [0.15, 0.2) is 24.3 Å². The third-order valence-electron chi connectivity index (χ3n) is 6.01. The van der Waals surface area contributed by atoms with Gasteiger partial charge in [0.05, 0.1) is 16.4 Å². The monoisotopic (exact) mass is 390 g/mol. The van der Waals surface area contributed by atoms with Gasteiger partial charge in [-0.2, -0.15) is 0 Å². The van der Waals surface area contributed by atoms with Gasteiger partial charge in [-0.15, -0.1) is 0 Å². The summed E-state index contributed by atoms with van der Waals surface area (Å²) in [7, 11) is -3.11. The van der Waals surface area contributed by atoms with Gasteiger partial charge in [-0.05, 0) is 37.8 Å². The Labute approximate surface area is 158 Å². The predicted molar refractivity (Wildman–Crippen MR) is 97.9 cm³/mol. The molecule has 2 unspecified atom stereocenters. The quantitative estimate of drug-likeness (QED) is 0.722. The minimum Gasteiger partial charge on any atom is -0.337 e. The van der Waals surface area contributed by atoms with Crippen molar-refractivity contribution in [1.29, 1.82) is 0 Å². The van der Waals surface area contributed by atoms with Gasteiger partial charge in [0.2, 0.25) is 5.91 Å². The maximum atomic E-state index is 12.8. The SMILES string of the molecule is CS(=O)(=O)C1CC2CCC(C1)N2C(=O)CCN1C(=O)c2ccccc2C1=O. The number of imide groups is 1. The fourth-order valence-corrected chi connectivity index (χ4v) is 5.81. The molecular formula is C19H22N2O5S. The van der Waals surface area contributed by atoms with E-state index in [2.05, 4.69) is 0 Å². The van der Waals surface area contributed by atoms with E-state index in [4.69, 9.17) is 0 Å². The number of hydrogen-bond donors (Lipinski definition) is 0. The molecule has 27 heavy (non-hydrogen) atoms. The summed E-state index contributed by atoms with van der Waals surface area (Å²) in [6.07, 6.45) is 3.92. The van der Waals surface area contributed by atoms with Crippen LogP contribution in [0.4, 0.5) is 0 Å². The molecule has 0 N–H and O–H groups in total. The number of hydrogen-bond acceptors (Lipinski definition) is 5. The molecule has 3 heterocycles. The molecular weight excluding hydrogens is 368 g/mol. The van der Waals surface area contributed by atoms with Crippen LogP contribution in [0.5, 0.6) is 0 Å². The van der Waals surface area contributed by atoms with Crippen LogP contribution in [0.1, 0.15) is 52.8 Å². The van der Waals surface area contributed by atoms with E-state index in [1.54, 1.807) is 29.2 Å². The first-order valence-electron chi connectivity index (χ1n) is 9.22. The highest BCUT2D eigenvalue weighted by Gasteiger charge is 2.46. The minimum absolute atomic E-state index is 0.0522. The molecule has 3 aliphatic rings. The van der Waals surface area contributed by atoms with Gasteiger partial charge in [-0.3, -0.25) is 19.3 Å². The summed E-state index contributed by atoms with van der Waals surface area (Å²) in [6.45, 7) is 0.0522. The number of rotatable bonds is 4. The lowest BCUT2D eigenvalue weighted by molar-refractivity contribution is -0.135. The smallest absolute Gasteiger partial charge is 0.261 e. The van der Waals surface area contributed by atoms with E-state index in [9.17, 15) is 22.8 Å². The Bertz CT molecular complexity index is 877. The number of benzene rings is 1. The summed E-state index contributed by atoms with van der Waals surface area (Å²) in [4.78, 5) is 40.5. The van der Waals surface area contributed by atoms with Gasteiger partial charge in [-0.25, -0.2) is 8.42 Å². The molecule has 1 aromatic carbocycles. The van der Waals surface area contributed by atoms with Crippen LogP contribution in [-0.4, -0.2) is 66.1 Å². The third kappa shape index (κ3) is 3.05. The molecule has 0 aliphatic carbocycles. The van der Waals surface area contributed by atoms with Gasteiger partial charge in [-0.1, -0.05) is 12.1 Å². The van der Waals surface area contributed by atoms with Crippen molar-refractivity contribution in [3.8, 4) is 0 Å². The van der Waals surface area contributed by atoms with E-state index in [1.165, 1.54) is 6.26 Å². The van der Waals surface area contributed by atoms with Crippen molar-refractivity contribution in [3.63, 3.8) is 0 Å². The standard InChI is InChI=1S/C19H22N2O5S/c1-27(25,26)14-10-12-6-7-13(11-14)21(12)17(22)8-9-20-18(23)15-4-2-3-5-16(15)19(20)24/h2-5,12-14H,6-11H2,1H3. The molecule has 3 amide bonds. The Morgan fingerprint density at radius 1 is 1.04 bits per heavy atom. The molecule has 2 atom stereocenters. The lowest BCUT2D eigenvalue weighted by Gasteiger charge is -2.38. The maximum Gasteiger partial charge on any atom is 0.261 e. The minimum atomic E-state index is -3.11. The summed E-state index contributed by atoms with van der Waals surface area (Å²) >= 11 is 0. The van der Waals surface area contributed by atoms with Crippen molar-refractivity contribution in [2.45, 2.75) is 49.4 Å². The van der Waals surface area contributed by atoms with Crippen molar-refractivity contribution >= 4 is 27.6 Å². The molecule has 8 heteroatoms. The highest BCUT2D eigenvalue weighted by atomic mass is 32.2. The summed E-state index contributed by atoms with van der Waals surface area (Å²) in [6, 6.07) is 6.54. The molecule has 0 aromatic heterocycles. The van der Waals surface area contributed by atoms with Crippen molar-refractivity contribution in [2.24, 2.45) is 0 Å². The Balaban J connectivity index is 1.41. The highest BCUT2D eigenvalue weighted by Crippen LogP contribution is 2.38. The van der Waals surface area contributed by atoms with Gasteiger partial charge >= 0.3 is 0 Å². The van der Waals surface area contributed by atoms with Crippen LogP contribution in [-0.2, 0) is 14.6 Å². The molecule has 1 aromatic rings. The number of piperidine rings is 1. The van der Waals surface area contributed by atoms with Gasteiger partial charge in [0.1, 0.15) is 9.84 Å². The van der Waals surface area contributed by atoms with Crippen molar-refractivity contribution in [1.82, 2.24) is 9.80 Å². The number of fused-ring (bicyclic) bond motifs is 3. The molecule has 3 aliphatic heterocycles. The van der Waals surface area contributed by atoms with Crippen LogP contribution >= 0.6 is 0 Å². The Hall–Kier alpha value is -2.22. The normalized spacial score (nSPS) is 27.2. The second-order valence-electron chi connectivity index (χ2n) is 7.67. The van der Waals surface area contributed by atoms with E-state index < -0.39 is 9.84 Å². The summed E-state index contributed by atoms with van der Waals surface area (Å²) in [5.41, 5.74) is 0.757. The number of sulfone groups is 1. The first-order chi connectivity index (χ1) is 12.8. The fraction of sp³-hybridized carbons (Fsp3) is 0.526. The molecule has 4 rings (SSSR count). The Morgan fingerprint density at radius 2 is 1.56 bits per heavy atom. The molecule has 2 bridgehead atoms. The first-order valence-corrected chi connectivity index (χ1v) is 11.2. The lowest BCUT2D eigenvalue weighted by atomic mass is 10.0. The highest BCUT2D eigenvalue weighted by molar-refractivity contribution is 7.91. The average Bonchev–Trinajstić information content (AvgIpc) is 3.03. The number of carbonyl (C=O) groups excluding carboxylic acids is 3. The van der Waals surface area contributed by atoms with Crippen molar-refractivity contribution < 1.29 is 22.8 Å². The molecule has 0 spiro atoms. The first kappa shape index (κ1) is 18.2. The zero-order chi connectivity index (χ0) is 19.3. The van der Waals surface area contributed by atoms with Crippen molar-refractivity contribution in [3.05, 3.63) is 35.4 Å². The van der Waals surface area contributed by atoms with E-state index in [0.717, 1.165) is 17.7 Å². The summed E-state index contributed by atoms with van der Waals surface area (Å²) in [5.74, 6) is -0.824. The predicted octanol–water partition coefficient (Wildman–Crippen LogP) is 1.24. The van der Waals surface area contributed by atoms with Crippen LogP contribution in [0.25, 0.3) is 0 Å². The largest absolute Gasteiger partial charge is 0.337 e. The molecule has 0 radical (unpaired) electrons. The second-order valence-corrected chi connectivity index (χ2v) is 9.99. The molecule has 144 valence electrons. The van der Waals surface area contributed by atoms with Gasteiger partial charge in [0, 0.05) is 31.3 Å². The molecule has 0 saturated carbocycles. The van der Waals surface area contributed by atoms with Crippen LogP contribution in [0.3, 0.4) is 0 Å². The number of nitrogens with zero attached hydrogens (tertiary/aromatic N) is 2. The lowest BCUT2D eigenvalue weighted by Crippen LogP contribution is -2.50. The third-order valence-corrected chi connectivity index (χ3v) is 7.61. The molecule has 2 fully saturated rings. The van der Waals surface area contributed by atoms with Crippen LogP contribution < -0.4 is 0 Å². The van der Waals surface area contributed by atoms with Crippen LogP contribution in [0, 0.1) is 0 Å². The summed E-state index contributed by atoms with van der Waals surface area (Å²) < 4.78 is 23.8. The van der Waals surface area contributed by atoms with E-state index >= 15 is 0 Å². The van der Waals surface area contributed by atoms with E-state index in [1.807, 2.05) is 0 Å². The van der Waals surface area contributed by atoms with E-state index in [-0.39, 0.29) is 48.0 Å². The Morgan fingerprint density at radius 3 is 2.04 bits per heavy atom. The van der Waals surface area contributed by atoms with Crippen LogP contribution in [0.2, 0.25) is 0 Å². The zero-order valence-electron chi connectivity index (χ0n) is 15.1. The average molecular weight is 390 g/mol. The van der Waals surface area contributed by atoms with Gasteiger partial charge < -0.3 is 4.90 Å². The van der Waals surface area contributed by atoms with E-state index in [0.29, 0.717) is 24.0 Å². The van der Waals surface area contributed by atoms with Crippen molar-refractivity contribution in [2.75, 3.05) is 12.8 Å². The number of carbonyl (C=O) groups is 3. The topological polar surface area (TPSA) is 91.8 Å². The van der Waals surface area contributed by atoms with Gasteiger partial charge in [0.15, 0.2) is 0 Å². The number of amides is 3. The molecule has 7 nitrogen and oxygen atoms in total. The second kappa shape index (κ2) is 6.44. The summed E-state index contributed by atoms with van der Waals surface area (Å²) in [5, 5.41) is -0.379. The fourth-order valence-electron chi connectivity index (χ4n) is 4.66. The van der Waals surface area contributed by atoms with Gasteiger partial charge in [0.25, 0.3) is 11.8 Å². The Kier molecular flexibility index (Phi) is 4.33. The molecule has 2 saturated heterocycles. The maximum absolute atomic E-state index is 12.8. The zero-order valence-corrected chi connectivity index (χ0v) is 15.9.